The zero-order valence-electron chi connectivity index (χ0n) is 9.41. The lowest BCUT2D eigenvalue weighted by Crippen LogP contribution is -2.11. The molecule has 86 valence electrons. The SMILES string of the molecule is CC(OC(=O)c1ccccn1)c1ccccn1. The van der Waals surface area contributed by atoms with E-state index in [0.29, 0.717) is 5.69 Å². The fraction of sp³-hybridized carbons (Fsp3) is 0.154. The maximum Gasteiger partial charge on any atom is 0.357 e. The van der Waals surface area contributed by atoms with Crippen LogP contribution in [0.3, 0.4) is 0 Å². The van der Waals surface area contributed by atoms with Crippen molar-refractivity contribution in [2.45, 2.75) is 13.0 Å². The van der Waals surface area contributed by atoms with Gasteiger partial charge in [0, 0.05) is 12.4 Å². The number of hydrogen-bond donors (Lipinski definition) is 0. The monoisotopic (exact) mass is 228 g/mol. The van der Waals surface area contributed by atoms with Gasteiger partial charge in [-0.05, 0) is 31.2 Å². The molecule has 2 aromatic heterocycles. The fourth-order valence-electron chi connectivity index (χ4n) is 1.38. The Kier molecular flexibility index (Phi) is 3.45. The molecule has 0 amide bonds. The summed E-state index contributed by atoms with van der Waals surface area (Å²) in [5.41, 5.74) is 1.02. The second-order valence-corrected chi connectivity index (χ2v) is 3.52. The molecular formula is C13H12N2O2. The first kappa shape index (κ1) is 11.3. The van der Waals surface area contributed by atoms with E-state index in [2.05, 4.69) is 9.97 Å². The summed E-state index contributed by atoms with van der Waals surface area (Å²) in [5.74, 6) is -0.441. The third-order valence-electron chi connectivity index (χ3n) is 2.26. The number of ether oxygens (including phenoxy) is 1. The summed E-state index contributed by atoms with van der Waals surface area (Å²) in [7, 11) is 0. The Bertz CT molecular complexity index is 485. The van der Waals surface area contributed by atoms with Gasteiger partial charge in [0.1, 0.15) is 11.8 Å². The van der Waals surface area contributed by atoms with Gasteiger partial charge in [-0.3, -0.25) is 4.98 Å². The van der Waals surface area contributed by atoms with Gasteiger partial charge in [0.25, 0.3) is 0 Å². The van der Waals surface area contributed by atoms with Gasteiger partial charge in [-0.25, -0.2) is 9.78 Å². The third kappa shape index (κ3) is 2.87. The summed E-state index contributed by atoms with van der Waals surface area (Å²) >= 11 is 0. The van der Waals surface area contributed by atoms with Crippen molar-refractivity contribution in [3.8, 4) is 0 Å². The van der Waals surface area contributed by atoms with Crippen molar-refractivity contribution >= 4 is 5.97 Å². The Morgan fingerprint density at radius 1 is 1.12 bits per heavy atom. The number of aromatic nitrogens is 2. The Balaban J connectivity index is 2.05. The molecule has 0 aliphatic carbocycles. The van der Waals surface area contributed by atoms with Gasteiger partial charge in [0.05, 0.1) is 5.69 Å². The Labute approximate surface area is 99.3 Å². The molecule has 0 saturated heterocycles. The minimum Gasteiger partial charge on any atom is -0.451 e. The Hall–Kier alpha value is -2.23. The number of pyridine rings is 2. The van der Waals surface area contributed by atoms with Crippen LogP contribution in [0.1, 0.15) is 29.2 Å². The second-order valence-electron chi connectivity index (χ2n) is 3.52. The van der Waals surface area contributed by atoms with Crippen LogP contribution in [0.15, 0.2) is 48.8 Å². The number of nitrogens with zero attached hydrogens (tertiary/aromatic N) is 2. The first-order valence-electron chi connectivity index (χ1n) is 5.30. The number of rotatable bonds is 3. The van der Waals surface area contributed by atoms with Crippen LogP contribution in [0.5, 0.6) is 0 Å². The molecule has 0 fully saturated rings. The molecule has 2 heterocycles. The van der Waals surface area contributed by atoms with E-state index in [0.717, 1.165) is 5.69 Å². The molecule has 0 spiro atoms. The molecule has 0 radical (unpaired) electrons. The average Bonchev–Trinajstić information content (AvgIpc) is 2.40. The highest BCUT2D eigenvalue weighted by atomic mass is 16.5. The highest BCUT2D eigenvalue weighted by Gasteiger charge is 2.14. The van der Waals surface area contributed by atoms with Crippen LogP contribution in [0.25, 0.3) is 0 Å². The van der Waals surface area contributed by atoms with Crippen LogP contribution >= 0.6 is 0 Å². The van der Waals surface area contributed by atoms with Crippen LogP contribution < -0.4 is 0 Å². The lowest BCUT2D eigenvalue weighted by atomic mass is 10.2. The minimum atomic E-state index is -0.441. The predicted molar refractivity (Wildman–Crippen MR) is 62.3 cm³/mol. The van der Waals surface area contributed by atoms with E-state index >= 15 is 0 Å². The molecule has 0 saturated carbocycles. The smallest absolute Gasteiger partial charge is 0.357 e. The van der Waals surface area contributed by atoms with Crippen LogP contribution in [0, 0.1) is 0 Å². The van der Waals surface area contributed by atoms with Gasteiger partial charge in [0.15, 0.2) is 0 Å². The van der Waals surface area contributed by atoms with E-state index < -0.39 is 5.97 Å². The first-order chi connectivity index (χ1) is 8.27. The van der Waals surface area contributed by atoms with Crippen LogP contribution in [-0.2, 0) is 4.74 Å². The summed E-state index contributed by atoms with van der Waals surface area (Å²) < 4.78 is 5.26. The molecule has 4 heteroatoms. The standard InChI is InChI=1S/C13H12N2O2/c1-10(11-6-2-4-8-14-11)17-13(16)12-7-3-5-9-15-12/h2-10H,1H3. The molecular weight excluding hydrogens is 216 g/mol. The molecule has 0 aliphatic rings. The van der Waals surface area contributed by atoms with Crippen LogP contribution in [-0.4, -0.2) is 15.9 Å². The molecule has 0 bridgehead atoms. The van der Waals surface area contributed by atoms with Gasteiger partial charge in [-0.15, -0.1) is 0 Å². The van der Waals surface area contributed by atoms with E-state index in [4.69, 9.17) is 4.74 Å². The zero-order chi connectivity index (χ0) is 12.1. The number of carbonyl (C=O) groups is 1. The van der Waals surface area contributed by atoms with Gasteiger partial charge >= 0.3 is 5.97 Å². The third-order valence-corrected chi connectivity index (χ3v) is 2.26. The van der Waals surface area contributed by atoms with E-state index in [1.54, 1.807) is 37.5 Å². The molecule has 4 nitrogen and oxygen atoms in total. The number of carbonyl (C=O) groups excluding carboxylic acids is 1. The number of hydrogen-bond acceptors (Lipinski definition) is 4. The van der Waals surface area contributed by atoms with E-state index in [1.807, 2.05) is 18.2 Å². The quantitative estimate of drug-likeness (QED) is 0.757. The lowest BCUT2D eigenvalue weighted by molar-refractivity contribution is 0.0322. The van der Waals surface area contributed by atoms with Gasteiger partial charge in [0.2, 0.25) is 0 Å². The van der Waals surface area contributed by atoms with Gasteiger partial charge < -0.3 is 4.74 Å². The molecule has 0 aromatic carbocycles. The maximum atomic E-state index is 11.7. The van der Waals surface area contributed by atoms with Gasteiger partial charge in [-0.1, -0.05) is 12.1 Å². The maximum absolute atomic E-state index is 11.7. The minimum absolute atomic E-state index is 0.301. The van der Waals surface area contributed by atoms with Crippen molar-refractivity contribution < 1.29 is 9.53 Å². The summed E-state index contributed by atoms with van der Waals surface area (Å²) in [6.45, 7) is 1.78. The average molecular weight is 228 g/mol. The molecule has 0 N–H and O–H groups in total. The van der Waals surface area contributed by atoms with Crippen molar-refractivity contribution in [3.05, 3.63) is 60.2 Å². The molecule has 2 rings (SSSR count). The summed E-state index contributed by atoms with van der Waals surface area (Å²) in [6, 6.07) is 10.6. The largest absolute Gasteiger partial charge is 0.451 e. The number of esters is 1. The Morgan fingerprint density at radius 3 is 2.41 bits per heavy atom. The zero-order valence-corrected chi connectivity index (χ0v) is 9.41. The topological polar surface area (TPSA) is 52.1 Å². The van der Waals surface area contributed by atoms with E-state index in [9.17, 15) is 4.79 Å². The van der Waals surface area contributed by atoms with E-state index in [1.165, 1.54) is 0 Å². The summed E-state index contributed by atoms with van der Waals surface area (Å²) in [6.07, 6.45) is 2.84. The summed E-state index contributed by atoms with van der Waals surface area (Å²) in [5, 5.41) is 0. The molecule has 1 unspecified atom stereocenters. The Morgan fingerprint density at radius 2 is 1.82 bits per heavy atom. The highest BCUT2D eigenvalue weighted by Crippen LogP contribution is 2.15. The van der Waals surface area contributed by atoms with Crippen molar-refractivity contribution in [2.75, 3.05) is 0 Å². The van der Waals surface area contributed by atoms with Crippen molar-refractivity contribution in [2.24, 2.45) is 0 Å². The fourth-order valence-corrected chi connectivity index (χ4v) is 1.38. The molecule has 0 aliphatic heterocycles. The van der Waals surface area contributed by atoms with Gasteiger partial charge in [-0.2, -0.15) is 0 Å². The first-order valence-corrected chi connectivity index (χ1v) is 5.30. The highest BCUT2D eigenvalue weighted by molar-refractivity contribution is 5.87. The van der Waals surface area contributed by atoms with E-state index in [-0.39, 0.29) is 6.10 Å². The predicted octanol–water partition coefficient (Wildman–Crippen LogP) is 2.39. The second kappa shape index (κ2) is 5.21. The van der Waals surface area contributed by atoms with Crippen LogP contribution in [0.2, 0.25) is 0 Å². The normalized spacial score (nSPS) is 11.8. The summed E-state index contributed by atoms with van der Waals surface area (Å²) in [4.78, 5) is 19.8. The molecule has 2 aromatic rings. The lowest BCUT2D eigenvalue weighted by Gasteiger charge is -2.11. The van der Waals surface area contributed by atoms with Crippen molar-refractivity contribution in [1.29, 1.82) is 0 Å². The molecule has 17 heavy (non-hydrogen) atoms. The van der Waals surface area contributed by atoms with Crippen molar-refractivity contribution in [3.63, 3.8) is 0 Å². The van der Waals surface area contributed by atoms with Crippen molar-refractivity contribution in [1.82, 2.24) is 9.97 Å². The molecule has 1 atom stereocenters. The van der Waals surface area contributed by atoms with Crippen LogP contribution in [0.4, 0.5) is 0 Å².